The van der Waals surface area contributed by atoms with Crippen LogP contribution in [0.4, 0.5) is 10.5 Å². The smallest absolute Gasteiger partial charge is 0.319 e. The molecule has 0 saturated heterocycles. The largest absolute Gasteiger partial charge is 0.457 e. The van der Waals surface area contributed by atoms with Crippen LogP contribution in [-0.4, -0.2) is 26.7 Å². The molecule has 2 unspecified atom stereocenters. The van der Waals surface area contributed by atoms with E-state index in [9.17, 15) is 13.2 Å². The van der Waals surface area contributed by atoms with Crippen LogP contribution >= 0.6 is 0 Å². The first kappa shape index (κ1) is 20.2. The van der Waals surface area contributed by atoms with Crippen LogP contribution in [0.25, 0.3) is 0 Å². The molecule has 28 heavy (non-hydrogen) atoms. The first-order chi connectivity index (χ1) is 13.3. The van der Waals surface area contributed by atoms with E-state index in [4.69, 9.17) is 4.74 Å². The van der Waals surface area contributed by atoms with Gasteiger partial charge >= 0.3 is 6.03 Å². The van der Waals surface area contributed by atoms with Gasteiger partial charge in [0.2, 0.25) is 0 Å². The van der Waals surface area contributed by atoms with Gasteiger partial charge in [-0.1, -0.05) is 19.8 Å². The maximum absolute atomic E-state index is 12.2. The fraction of sp³-hybridized carbons (Fsp3) is 0.381. The molecule has 6 nitrogen and oxygen atoms in total. The number of rotatable bonds is 5. The van der Waals surface area contributed by atoms with Crippen LogP contribution in [0.15, 0.2) is 53.4 Å². The summed E-state index contributed by atoms with van der Waals surface area (Å²) in [5.74, 6) is 1.64. The van der Waals surface area contributed by atoms with Crippen molar-refractivity contribution in [1.29, 1.82) is 0 Å². The third kappa shape index (κ3) is 5.48. The lowest BCUT2D eigenvalue weighted by molar-refractivity contribution is 0.232. The minimum absolute atomic E-state index is 0.191. The summed E-state index contributed by atoms with van der Waals surface area (Å²) in [5, 5.41) is 5.91. The lowest BCUT2D eigenvalue weighted by atomic mass is 9.86. The van der Waals surface area contributed by atoms with Gasteiger partial charge in [-0.3, -0.25) is 0 Å². The zero-order chi connectivity index (χ0) is 20.1. The third-order valence-electron chi connectivity index (χ3n) is 5.03. The van der Waals surface area contributed by atoms with Crippen molar-refractivity contribution in [3.8, 4) is 11.5 Å². The quantitative estimate of drug-likeness (QED) is 0.766. The van der Waals surface area contributed by atoms with Crippen LogP contribution in [0.2, 0.25) is 0 Å². The first-order valence-electron chi connectivity index (χ1n) is 9.47. The highest BCUT2D eigenvalue weighted by Crippen LogP contribution is 2.25. The van der Waals surface area contributed by atoms with Gasteiger partial charge in [0.1, 0.15) is 11.5 Å². The minimum atomic E-state index is -3.23. The van der Waals surface area contributed by atoms with E-state index >= 15 is 0 Å². The molecule has 0 radical (unpaired) electrons. The average Bonchev–Trinajstić information content (AvgIpc) is 2.65. The molecule has 0 bridgehead atoms. The van der Waals surface area contributed by atoms with Crippen LogP contribution in [-0.2, 0) is 9.84 Å². The van der Waals surface area contributed by atoms with Crippen molar-refractivity contribution >= 4 is 21.6 Å². The Morgan fingerprint density at radius 3 is 2.11 bits per heavy atom. The molecule has 150 valence electrons. The predicted molar refractivity (Wildman–Crippen MR) is 110 cm³/mol. The summed E-state index contributed by atoms with van der Waals surface area (Å²) >= 11 is 0. The number of hydrogen-bond acceptors (Lipinski definition) is 4. The van der Waals surface area contributed by atoms with Gasteiger partial charge in [0.25, 0.3) is 0 Å². The van der Waals surface area contributed by atoms with Crippen molar-refractivity contribution < 1.29 is 17.9 Å². The molecule has 2 N–H and O–H groups in total. The highest BCUT2D eigenvalue weighted by atomic mass is 32.2. The number of benzene rings is 2. The van der Waals surface area contributed by atoms with E-state index in [1.807, 2.05) is 0 Å². The summed E-state index contributed by atoms with van der Waals surface area (Å²) in [4.78, 5) is 12.5. The molecule has 2 aromatic rings. The van der Waals surface area contributed by atoms with E-state index < -0.39 is 9.84 Å². The number of ether oxygens (including phenoxy) is 1. The van der Waals surface area contributed by atoms with Crippen molar-refractivity contribution in [2.24, 2.45) is 5.92 Å². The van der Waals surface area contributed by atoms with Gasteiger partial charge in [0, 0.05) is 18.0 Å². The van der Waals surface area contributed by atoms with Gasteiger partial charge < -0.3 is 15.4 Å². The first-order valence-corrected chi connectivity index (χ1v) is 11.4. The molecule has 0 heterocycles. The normalized spacial score (nSPS) is 19.6. The zero-order valence-electron chi connectivity index (χ0n) is 16.1. The molecule has 1 fully saturated rings. The van der Waals surface area contributed by atoms with E-state index in [0.717, 1.165) is 19.3 Å². The van der Waals surface area contributed by atoms with Gasteiger partial charge in [0.15, 0.2) is 9.84 Å². The number of anilines is 1. The fourth-order valence-corrected chi connectivity index (χ4v) is 3.99. The van der Waals surface area contributed by atoms with E-state index in [2.05, 4.69) is 17.6 Å². The van der Waals surface area contributed by atoms with Gasteiger partial charge in [-0.05, 0) is 67.3 Å². The van der Waals surface area contributed by atoms with Crippen LogP contribution < -0.4 is 15.4 Å². The van der Waals surface area contributed by atoms with Gasteiger partial charge in [-0.15, -0.1) is 0 Å². The second-order valence-electron chi connectivity index (χ2n) is 7.34. The Bertz CT molecular complexity index is 908. The highest BCUT2D eigenvalue weighted by Gasteiger charge is 2.22. The Morgan fingerprint density at radius 2 is 1.54 bits per heavy atom. The van der Waals surface area contributed by atoms with Crippen molar-refractivity contribution in [2.45, 2.75) is 43.5 Å². The van der Waals surface area contributed by atoms with E-state index in [1.165, 1.54) is 24.8 Å². The molecule has 0 spiro atoms. The molecular weight excluding hydrogens is 376 g/mol. The number of urea groups is 1. The van der Waals surface area contributed by atoms with Crippen molar-refractivity contribution in [3.63, 3.8) is 0 Å². The average molecular weight is 403 g/mol. The Balaban J connectivity index is 1.55. The molecule has 1 saturated carbocycles. The minimum Gasteiger partial charge on any atom is -0.457 e. The van der Waals surface area contributed by atoms with Crippen LogP contribution in [0, 0.1) is 5.92 Å². The number of nitrogens with one attached hydrogen (secondary N) is 2. The Hall–Kier alpha value is -2.54. The highest BCUT2D eigenvalue weighted by molar-refractivity contribution is 7.90. The molecule has 1 aliphatic carbocycles. The second kappa shape index (κ2) is 8.65. The van der Waals surface area contributed by atoms with E-state index in [-0.39, 0.29) is 17.0 Å². The monoisotopic (exact) mass is 402 g/mol. The fourth-order valence-electron chi connectivity index (χ4n) is 3.36. The van der Waals surface area contributed by atoms with Crippen molar-refractivity contribution in [3.05, 3.63) is 48.5 Å². The van der Waals surface area contributed by atoms with E-state index in [0.29, 0.717) is 23.1 Å². The molecule has 0 aromatic heterocycles. The molecule has 2 amide bonds. The van der Waals surface area contributed by atoms with Crippen molar-refractivity contribution in [2.75, 3.05) is 11.6 Å². The summed E-state index contributed by atoms with van der Waals surface area (Å²) in [7, 11) is -3.23. The SMILES string of the molecule is CC1CCCCC1NC(=O)Nc1ccc(Oc2ccc(S(C)(=O)=O)cc2)cc1. The summed E-state index contributed by atoms with van der Waals surface area (Å²) in [5.41, 5.74) is 0.681. The molecule has 0 aliphatic heterocycles. The molecule has 3 rings (SSSR count). The Morgan fingerprint density at radius 1 is 0.964 bits per heavy atom. The second-order valence-corrected chi connectivity index (χ2v) is 9.35. The standard InChI is InChI=1S/C21H26N2O4S/c1-15-5-3-4-6-20(15)23-21(24)22-16-7-9-17(10-8-16)27-18-11-13-19(14-12-18)28(2,25)26/h7-15,20H,3-6H2,1-2H3,(H2,22,23,24). The third-order valence-corrected chi connectivity index (χ3v) is 6.16. The summed E-state index contributed by atoms with van der Waals surface area (Å²) in [6.45, 7) is 2.18. The number of carbonyl (C=O) groups is 1. The maximum Gasteiger partial charge on any atom is 0.319 e. The summed E-state index contributed by atoms with van der Waals surface area (Å²) in [6, 6.07) is 13.3. The van der Waals surface area contributed by atoms with Crippen LogP contribution in [0.1, 0.15) is 32.6 Å². The maximum atomic E-state index is 12.2. The number of amides is 2. The Labute approximate surface area is 166 Å². The van der Waals surface area contributed by atoms with Crippen LogP contribution in [0.5, 0.6) is 11.5 Å². The van der Waals surface area contributed by atoms with Crippen LogP contribution in [0.3, 0.4) is 0 Å². The lowest BCUT2D eigenvalue weighted by Crippen LogP contribution is -2.43. The zero-order valence-corrected chi connectivity index (χ0v) is 17.0. The molecule has 2 aromatic carbocycles. The topological polar surface area (TPSA) is 84.5 Å². The summed E-state index contributed by atoms with van der Waals surface area (Å²) < 4.78 is 28.7. The number of carbonyl (C=O) groups excluding carboxylic acids is 1. The number of hydrogen-bond donors (Lipinski definition) is 2. The molecule has 1 aliphatic rings. The summed E-state index contributed by atoms with van der Waals surface area (Å²) in [6.07, 6.45) is 5.74. The van der Waals surface area contributed by atoms with E-state index in [1.54, 1.807) is 36.4 Å². The van der Waals surface area contributed by atoms with Gasteiger partial charge in [0.05, 0.1) is 4.90 Å². The molecular formula is C21H26N2O4S. The lowest BCUT2D eigenvalue weighted by Gasteiger charge is -2.29. The predicted octanol–water partition coefficient (Wildman–Crippen LogP) is 4.58. The van der Waals surface area contributed by atoms with Crippen molar-refractivity contribution in [1.82, 2.24) is 5.32 Å². The number of sulfone groups is 1. The molecule has 2 atom stereocenters. The van der Waals surface area contributed by atoms with Gasteiger partial charge in [-0.25, -0.2) is 13.2 Å². The Kier molecular flexibility index (Phi) is 6.24. The van der Waals surface area contributed by atoms with Gasteiger partial charge in [-0.2, -0.15) is 0 Å². The molecule has 7 heteroatoms.